The number of amides is 1. The number of ether oxygens (including phenoxy) is 1. The zero-order valence-corrected chi connectivity index (χ0v) is 16.0. The normalized spacial score (nSPS) is 11.9. The first-order valence-electron chi connectivity index (χ1n) is 9.36. The molecular formula is C24H20N2O3. The van der Waals surface area contributed by atoms with E-state index in [9.17, 15) is 9.59 Å². The highest BCUT2D eigenvalue weighted by Crippen LogP contribution is 2.18. The molecule has 0 spiro atoms. The number of hydrogen-bond acceptors (Lipinski definition) is 4. The number of hydrogen-bond donors (Lipinski definition) is 1. The maximum absolute atomic E-state index is 12.9. The molecule has 0 fully saturated rings. The minimum Gasteiger partial charge on any atom is -0.467 e. The summed E-state index contributed by atoms with van der Waals surface area (Å²) < 4.78 is 4.93. The first-order chi connectivity index (χ1) is 14.2. The van der Waals surface area contributed by atoms with Gasteiger partial charge in [-0.05, 0) is 28.5 Å². The van der Waals surface area contributed by atoms with Crippen LogP contribution in [0, 0.1) is 0 Å². The largest absolute Gasteiger partial charge is 0.467 e. The maximum atomic E-state index is 12.9. The van der Waals surface area contributed by atoms with Gasteiger partial charge in [-0.25, -0.2) is 4.79 Å². The minimum atomic E-state index is -0.798. The van der Waals surface area contributed by atoms with E-state index >= 15 is 0 Å². The number of fused-ring (bicyclic) bond motifs is 2. The number of nitrogens with zero attached hydrogens (tertiary/aromatic N) is 1. The Hall–Kier alpha value is -3.73. The first-order valence-corrected chi connectivity index (χ1v) is 9.36. The molecule has 1 amide bonds. The zero-order valence-electron chi connectivity index (χ0n) is 16.0. The predicted molar refractivity (Wildman–Crippen MR) is 113 cm³/mol. The van der Waals surface area contributed by atoms with E-state index in [1.807, 2.05) is 60.7 Å². The molecule has 0 radical (unpaired) electrons. The molecule has 144 valence electrons. The van der Waals surface area contributed by atoms with Crippen LogP contribution < -0.4 is 5.32 Å². The average molecular weight is 384 g/mol. The lowest BCUT2D eigenvalue weighted by Crippen LogP contribution is -2.43. The Bertz CT molecular complexity index is 1200. The lowest BCUT2D eigenvalue weighted by Gasteiger charge is -2.17. The number of rotatable bonds is 5. The summed E-state index contributed by atoms with van der Waals surface area (Å²) in [6, 6.07) is 22.3. The standard InChI is InChI=1S/C24H20N2O3/c1-29-24(28)21(15-16-11-12-17-6-2-3-7-19(17)14-16)26-23(27)20-10-4-8-18-9-5-13-25-22(18)20/h2-14,21H,15H2,1H3,(H,26,27)/t21-/m0/s1. The fraction of sp³-hybridized carbons (Fsp3) is 0.125. The maximum Gasteiger partial charge on any atom is 0.328 e. The molecule has 5 nitrogen and oxygen atoms in total. The second-order valence-electron chi connectivity index (χ2n) is 6.82. The van der Waals surface area contributed by atoms with Crippen LogP contribution in [0.15, 0.2) is 79.0 Å². The molecule has 4 rings (SSSR count). The Morgan fingerprint density at radius 2 is 1.69 bits per heavy atom. The van der Waals surface area contributed by atoms with Crippen molar-refractivity contribution in [3.63, 3.8) is 0 Å². The molecule has 0 aliphatic rings. The number of pyridine rings is 1. The third kappa shape index (κ3) is 3.94. The van der Waals surface area contributed by atoms with Gasteiger partial charge in [-0.1, -0.05) is 60.7 Å². The molecule has 3 aromatic carbocycles. The van der Waals surface area contributed by atoms with Gasteiger partial charge in [0.1, 0.15) is 6.04 Å². The molecule has 0 aliphatic carbocycles. The summed E-state index contributed by atoms with van der Waals surface area (Å²) in [6.45, 7) is 0. The summed E-state index contributed by atoms with van der Waals surface area (Å²) >= 11 is 0. The van der Waals surface area contributed by atoms with E-state index in [4.69, 9.17) is 4.74 Å². The second-order valence-corrected chi connectivity index (χ2v) is 6.82. The SMILES string of the molecule is COC(=O)[C@H](Cc1ccc2ccccc2c1)NC(=O)c1cccc2cccnc12. The summed E-state index contributed by atoms with van der Waals surface area (Å²) in [7, 11) is 1.32. The number of para-hydroxylation sites is 1. The van der Waals surface area contributed by atoms with Gasteiger partial charge in [-0.2, -0.15) is 0 Å². The number of carbonyl (C=O) groups is 2. The highest BCUT2D eigenvalue weighted by atomic mass is 16.5. The van der Waals surface area contributed by atoms with Crippen molar-refractivity contribution in [2.75, 3.05) is 7.11 Å². The van der Waals surface area contributed by atoms with E-state index in [2.05, 4.69) is 10.3 Å². The van der Waals surface area contributed by atoms with Crippen molar-refractivity contribution in [2.24, 2.45) is 0 Å². The molecule has 0 saturated carbocycles. The topological polar surface area (TPSA) is 68.3 Å². The lowest BCUT2D eigenvalue weighted by molar-refractivity contribution is -0.142. The summed E-state index contributed by atoms with van der Waals surface area (Å²) in [4.78, 5) is 29.6. The van der Waals surface area contributed by atoms with Crippen molar-refractivity contribution in [3.05, 3.63) is 90.1 Å². The monoisotopic (exact) mass is 384 g/mol. The van der Waals surface area contributed by atoms with E-state index in [0.717, 1.165) is 21.7 Å². The molecule has 0 bridgehead atoms. The number of aromatic nitrogens is 1. The smallest absolute Gasteiger partial charge is 0.328 e. The summed E-state index contributed by atoms with van der Waals surface area (Å²) in [5, 5.41) is 5.89. The Balaban J connectivity index is 1.61. The van der Waals surface area contributed by atoms with Gasteiger partial charge in [0.15, 0.2) is 0 Å². The summed E-state index contributed by atoms with van der Waals surface area (Å²) in [5.74, 6) is -0.842. The van der Waals surface area contributed by atoms with Gasteiger partial charge >= 0.3 is 5.97 Å². The zero-order chi connectivity index (χ0) is 20.2. The number of carbonyl (C=O) groups excluding carboxylic acids is 2. The highest BCUT2D eigenvalue weighted by molar-refractivity contribution is 6.06. The molecule has 1 atom stereocenters. The average Bonchev–Trinajstić information content (AvgIpc) is 2.77. The number of nitrogens with one attached hydrogen (secondary N) is 1. The quantitative estimate of drug-likeness (QED) is 0.530. The molecule has 29 heavy (non-hydrogen) atoms. The Morgan fingerprint density at radius 1 is 0.931 bits per heavy atom. The molecule has 1 heterocycles. The fourth-order valence-electron chi connectivity index (χ4n) is 3.46. The van der Waals surface area contributed by atoms with Gasteiger partial charge < -0.3 is 10.1 Å². The third-order valence-electron chi connectivity index (χ3n) is 4.92. The van der Waals surface area contributed by atoms with E-state index in [-0.39, 0.29) is 5.91 Å². The van der Waals surface area contributed by atoms with Gasteiger partial charge in [0.05, 0.1) is 18.2 Å². The van der Waals surface area contributed by atoms with Crippen LogP contribution in [-0.4, -0.2) is 30.0 Å². The van der Waals surface area contributed by atoms with Crippen molar-refractivity contribution in [1.29, 1.82) is 0 Å². The molecule has 1 N–H and O–H groups in total. The lowest BCUT2D eigenvalue weighted by atomic mass is 10.0. The van der Waals surface area contributed by atoms with Crippen molar-refractivity contribution < 1.29 is 14.3 Å². The van der Waals surface area contributed by atoms with Crippen molar-refractivity contribution in [2.45, 2.75) is 12.5 Å². The van der Waals surface area contributed by atoms with Gasteiger partial charge in [-0.15, -0.1) is 0 Å². The van der Waals surface area contributed by atoms with E-state index in [1.54, 1.807) is 18.3 Å². The Morgan fingerprint density at radius 3 is 2.52 bits per heavy atom. The van der Waals surface area contributed by atoms with Crippen LogP contribution in [-0.2, 0) is 16.0 Å². The van der Waals surface area contributed by atoms with Crippen LogP contribution in [0.25, 0.3) is 21.7 Å². The number of methoxy groups -OCH3 is 1. The molecule has 4 aromatic rings. The van der Waals surface area contributed by atoms with Crippen LogP contribution in [0.4, 0.5) is 0 Å². The van der Waals surface area contributed by atoms with E-state index in [0.29, 0.717) is 17.5 Å². The Kier molecular flexibility index (Phi) is 5.20. The number of esters is 1. The van der Waals surface area contributed by atoms with Crippen molar-refractivity contribution in [3.8, 4) is 0 Å². The summed E-state index contributed by atoms with van der Waals surface area (Å²) in [5.41, 5.74) is 1.97. The van der Waals surface area contributed by atoms with E-state index < -0.39 is 12.0 Å². The van der Waals surface area contributed by atoms with Gasteiger partial charge in [0, 0.05) is 18.0 Å². The molecule has 0 saturated heterocycles. The second kappa shape index (κ2) is 8.10. The van der Waals surface area contributed by atoms with Crippen molar-refractivity contribution >= 4 is 33.6 Å². The van der Waals surface area contributed by atoms with Crippen LogP contribution >= 0.6 is 0 Å². The van der Waals surface area contributed by atoms with Gasteiger partial charge in [0.2, 0.25) is 0 Å². The van der Waals surface area contributed by atoms with Crippen LogP contribution in [0.2, 0.25) is 0 Å². The minimum absolute atomic E-state index is 0.335. The third-order valence-corrected chi connectivity index (χ3v) is 4.92. The fourth-order valence-corrected chi connectivity index (χ4v) is 3.46. The van der Waals surface area contributed by atoms with Gasteiger partial charge in [-0.3, -0.25) is 9.78 Å². The van der Waals surface area contributed by atoms with Crippen LogP contribution in [0.3, 0.4) is 0 Å². The summed E-state index contributed by atoms with van der Waals surface area (Å²) in [6.07, 6.45) is 1.98. The van der Waals surface area contributed by atoms with Crippen LogP contribution in [0.1, 0.15) is 15.9 Å². The van der Waals surface area contributed by atoms with Crippen LogP contribution in [0.5, 0.6) is 0 Å². The van der Waals surface area contributed by atoms with Crippen molar-refractivity contribution in [1.82, 2.24) is 10.3 Å². The van der Waals surface area contributed by atoms with E-state index in [1.165, 1.54) is 7.11 Å². The molecule has 5 heteroatoms. The predicted octanol–water partition coefficient (Wildman–Crippen LogP) is 3.90. The molecular weight excluding hydrogens is 364 g/mol. The number of benzene rings is 3. The van der Waals surface area contributed by atoms with Gasteiger partial charge in [0.25, 0.3) is 5.91 Å². The molecule has 0 aliphatic heterocycles. The molecule has 0 unspecified atom stereocenters. The molecule has 1 aromatic heterocycles. The Labute approximate surface area is 168 Å². The highest BCUT2D eigenvalue weighted by Gasteiger charge is 2.23. The first kappa shape index (κ1) is 18.6.